The number of rotatable bonds is 2. The van der Waals surface area contributed by atoms with E-state index in [-0.39, 0.29) is 11.3 Å². The molecule has 0 fully saturated rings. The van der Waals surface area contributed by atoms with E-state index in [1.165, 1.54) is 6.07 Å². The number of nitrogens with zero attached hydrogens (tertiary/aromatic N) is 2. The van der Waals surface area contributed by atoms with Crippen LogP contribution in [-0.2, 0) is 0 Å². The van der Waals surface area contributed by atoms with Crippen LogP contribution in [0.4, 0.5) is 13.2 Å². The van der Waals surface area contributed by atoms with Crippen LogP contribution in [0.2, 0.25) is 0 Å². The number of benzene rings is 1. The molecule has 110 valence electrons. The molecule has 2 nitrogen and oxygen atoms in total. The largest absolute Gasteiger partial charge is 0.251 e. The summed E-state index contributed by atoms with van der Waals surface area (Å²) in [4.78, 5) is 8.57. The van der Waals surface area contributed by atoms with Gasteiger partial charge in [0.25, 0.3) is 0 Å². The Morgan fingerprint density at radius 1 is 0.727 bits per heavy atom. The molecule has 0 saturated carbocycles. The van der Waals surface area contributed by atoms with E-state index in [1.54, 1.807) is 18.2 Å². The van der Waals surface area contributed by atoms with Crippen LogP contribution in [-0.4, -0.2) is 9.97 Å². The Morgan fingerprint density at radius 2 is 1.27 bits per heavy atom. The minimum atomic E-state index is -0.987. The van der Waals surface area contributed by atoms with Gasteiger partial charge in [-0.25, -0.2) is 18.2 Å². The van der Waals surface area contributed by atoms with E-state index in [0.717, 1.165) is 5.69 Å². The van der Waals surface area contributed by atoms with E-state index in [2.05, 4.69) is 9.97 Å². The maximum Gasteiger partial charge on any atom is 0.138 e. The summed E-state index contributed by atoms with van der Waals surface area (Å²) in [6, 6.07) is 11.5. The highest BCUT2D eigenvalue weighted by molar-refractivity contribution is 5.65. The van der Waals surface area contributed by atoms with E-state index in [9.17, 15) is 13.2 Å². The Balaban J connectivity index is 2.13. The summed E-state index contributed by atoms with van der Waals surface area (Å²) in [5.41, 5.74) is 1.64. The fourth-order valence-electron chi connectivity index (χ4n) is 2.19. The van der Waals surface area contributed by atoms with Crippen molar-refractivity contribution in [3.8, 4) is 22.6 Å². The molecule has 0 bridgehead atoms. The quantitative estimate of drug-likeness (QED) is 0.694. The monoisotopic (exact) mass is 300 g/mol. The van der Waals surface area contributed by atoms with Gasteiger partial charge in [-0.2, -0.15) is 0 Å². The van der Waals surface area contributed by atoms with Crippen LogP contribution in [0.15, 0.2) is 48.5 Å². The van der Waals surface area contributed by atoms with Gasteiger partial charge in [0.05, 0.1) is 22.6 Å². The van der Waals surface area contributed by atoms with Crippen molar-refractivity contribution in [2.24, 2.45) is 0 Å². The lowest BCUT2D eigenvalue weighted by Crippen LogP contribution is -1.96. The zero-order valence-corrected chi connectivity index (χ0v) is 11.6. The summed E-state index contributed by atoms with van der Waals surface area (Å²) in [5.74, 6) is -2.94. The first kappa shape index (κ1) is 14.3. The van der Waals surface area contributed by atoms with Crippen LogP contribution in [0.1, 0.15) is 5.69 Å². The number of halogens is 3. The topological polar surface area (TPSA) is 25.8 Å². The molecule has 0 unspecified atom stereocenters. The maximum atomic E-state index is 13.9. The highest BCUT2D eigenvalue weighted by atomic mass is 19.1. The Kier molecular flexibility index (Phi) is 3.63. The van der Waals surface area contributed by atoms with Gasteiger partial charge in [0.15, 0.2) is 0 Å². The number of aryl methyl sites for hydroxylation is 1. The van der Waals surface area contributed by atoms with Crippen molar-refractivity contribution in [1.82, 2.24) is 9.97 Å². The molecule has 0 atom stereocenters. The predicted molar refractivity (Wildman–Crippen MR) is 77.5 cm³/mol. The lowest BCUT2D eigenvalue weighted by Gasteiger charge is -2.07. The van der Waals surface area contributed by atoms with Gasteiger partial charge in [0, 0.05) is 17.8 Å². The van der Waals surface area contributed by atoms with Gasteiger partial charge in [0.1, 0.15) is 17.5 Å². The van der Waals surface area contributed by atoms with Crippen LogP contribution < -0.4 is 0 Å². The highest BCUT2D eigenvalue weighted by Crippen LogP contribution is 2.27. The van der Waals surface area contributed by atoms with Gasteiger partial charge in [0.2, 0.25) is 0 Å². The van der Waals surface area contributed by atoms with Crippen molar-refractivity contribution < 1.29 is 13.2 Å². The number of pyridine rings is 2. The molecular weight excluding hydrogens is 289 g/mol. The Morgan fingerprint density at radius 3 is 1.91 bits per heavy atom. The fourth-order valence-corrected chi connectivity index (χ4v) is 2.19. The van der Waals surface area contributed by atoms with Gasteiger partial charge >= 0.3 is 0 Å². The van der Waals surface area contributed by atoms with E-state index in [1.807, 2.05) is 19.1 Å². The number of hydrogen-bond acceptors (Lipinski definition) is 2. The molecule has 3 aromatic rings. The molecule has 3 rings (SSSR count). The average molecular weight is 300 g/mol. The zero-order valence-electron chi connectivity index (χ0n) is 11.6. The SMILES string of the molecule is Cc1cccc(-c2cccc(-c3c(F)cc(F)cc3F)n2)n1. The van der Waals surface area contributed by atoms with Gasteiger partial charge in [-0.05, 0) is 31.2 Å². The molecule has 0 aliphatic rings. The molecule has 0 aliphatic carbocycles. The van der Waals surface area contributed by atoms with Crippen molar-refractivity contribution in [1.29, 1.82) is 0 Å². The summed E-state index contributed by atoms with van der Waals surface area (Å²) in [6.45, 7) is 1.84. The van der Waals surface area contributed by atoms with Crippen LogP contribution in [0.3, 0.4) is 0 Å². The average Bonchev–Trinajstić information content (AvgIpc) is 2.46. The van der Waals surface area contributed by atoms with Crippen LogP contribution >= 0.6 is 0 Å². The first-order chi connectivity index (χ1) is 10.5. The standard InChI is InChI=1S/C17H11F3N2/c1-10-4-2-5-14(21-10)15-6-3-7-16(22-15)17-12(19)8-11(18)9-13(17)20/h2-9H,1H3. The minimum absolute atomic E-state index is 0.0933. The van der Waals surface area contributed by atoms with Gasteiger partial charge in [-0.3, -0.25) is 4.98 Å². The van der Waals surface area contributed by atoms with Crippen LogP contribution in [0.5, 0.6) is 0 Å². The lowest BCUT2D eigenvalue weighted by atomic mass is 10.1. The predicted octanol–water partition coefficient (Wildman–Crippen LogP) is 4.54. The second kappa shape index (κ2) is 5.60. The highest BCUT2D eigenvalue weighted by Gasteiger charge is 2.15. The number of aromatic nitrogens is 2. The summed E-state index contributed by atoms with van der Waals surface area (Å²) in [5, 5.41) is 0. The van der Waals surface area contributed by atoms with Crippen molar-refractivity contribution in [2.75, 3.05) is 0 Å². The van der Waals surface area contributed by atoms with Crippen LogP contribution in [0, 0.1) is 24.4 Å². The lowest BCUT2D eigenvalue weighted by molar-refractivity contribution is 0.547. The summed E-state index contributed by atoms with van der Waals surface area (Å²) < 4.78 is 40.7. The van der Waals surface area contributed by atoms with E-state index < -0.39 is 17.5 Å². The van der Waals surface area contributed by atoms with Crippen molar-refractivity contribution in [2.45, 2.75) is 6.92 Å². The third kappa shape index (κ3) is 2.70. The number of hydrogen-bond donors (Lipinski definition) is 0. The minimum Gasteiger partial charge on any atom is -0.251 e. The second-order valence-corrected chi connectivity index (χ2v) is 4.82. The molecule has 0 aliphatic heterocycles. The molecule has 22 heavy (non-hydrogen) atoms. The molecule has 0 radical (unpaired) electrons. The normalized spacial score (nSPS) is 10.7. The molecule has 1 aromatic carbocycles. The molecule has 2 heterocycles. The summed E-state index contributed by atoms with van der Waals surface area (Å²) >= 11 is 0. The smallest absolute Gasteiger partial charge is 0.138 e. The van der Waals surface area contributed by atoms with Crippen molar-refractivity contribution in [3.05, 3.63) is 71.7 Å². The fraction of sp³-hybridized carbons (Fsp3) is 0.0588. The second-order valence-electron chi connectivity index (χ2n) is 4.82. The van der Waals surface area contributed by atoms with E-state index in [4.69, 9.17) is 0 Å². The third-order valence-corrected chi connectivity index (χ3v) is 3.16. The molecule has 0 N–H and O–H groups in total. The van der Waals surface area contributed by atoms with Gasteiger partial charge < -0.3 is 0 Å². The first-order valence-corrected chi connectivity index (χ1v) is 6.60. The van der Waals surface area contributed by atoms with Gasteiger partial charge in [-0.15, -0.1) is 0 Å². The van der Waals surface area contributed by atoms with Crippen LogP contribution in [0.25, 0.3) is 22.6 Å². The Bertz CT molecular complexity index is 824. The van der Waals surface area contributed by atoms with E-state index >= 15 is 0 Å². The van der Waals surface area contributed by atoms with Crippen molar-refractivity contribution >= 4 is 0 Å². The summed E-state index contributed by atoms with van der Waals surface area (Å²) in [7, 11) is 0. The Hall–Kier alpha value is -2.69. The van der Waals surface area contributed by atoms with E-state index in [0.29, 0.717) is 23.5 Å². The third-order valence-electron chi connectivity index (χ3n) is 3.16. The first-order valence-electron chi connectivity index (χ1n) is 6.60. The zero-order chi connectivity index (χ0) is 15.7. The summed E-state index contributed by atoms with van der Waals surface area (Å²) in [6.07, 6.45) is 0. The molecule has 2 aromatic heterocycles. The Labute approximate surface area is 125 Å². The molecule has 0 spiro atoms. The molecule has 0 saturated heterocycles. The molecule has 5 heteroatoms. The molecule has 0 amide bonds. The van der Waals surface area contributed by atoms with Crippen molar-refractivity contribution in [3.63, 3.8) is 0 Å². The van der Waals surface area contributed by atoms with Gasteiger partial charge in [-0.1, -0.05) is 12.1 Å². The maximum absolute atomic E-state index is 13.9. The molecular formula is C17H11F3N2.